The summed E-state index contributed by atoms with van der Waals surface area (Å²) in [6.45, 7) is 7.01. The van der Waals surface area contributed by atoms with Crippen molar-refractivity contribution < 1.29 is 26.0 Å². The van der Waals surface area contributed by atoms with Crippen LogP contribution in [0.15, 0.2) is 35.5 Å². The molecule has 0 aliphatic carbocycles. The van der Waals surface area contributed by atoms with Crippen molar-refractivity contribution in [2.24, 2.45) is 0 Å². The third-order valence-electron chi connectivity index (χ3n) is 6.37. The van der Waals surface area contributed by atoms with Crippen molar-refractivity contribution in [3.8, 4) is 11.4 Å². The molecular weight excluding hydrogens is 562 g/mol. The molecule has 1 fully saturated rings. The number of nitrogens with zero attached hydrogens (tertiary/aromatic N) is 6. The smallest absolute Gasteiger partial charge is 0.273 e. The van der Waals surface area contributed by atoms with Crippen molar-refractivity contribution in [3.63, 3.8) is 0 Å². The highest BCUT2D eigenvalue weighted by Gasteiger charge is 2.31. The summed E-state index contributed by atoms with van der Waals surface area (Å²) in [7, 11) is -2.18. The number of likely N-dealkylation sites (N-methyl/N-ethyl adjacent to an activating group) is 1. The Bertz CT molecular complexity index is 1410. The van der Waals surface area contributed by atoms with Crippen LogP contribution < -0.4 is 5.32 Å². The van der Waals surface area contributed by atoms with Crippen LogP contribution >= 0.6 is 12.4 Å². The van der Waals surface area contributed by atoms with Gasteiger partial charge in [0.15, 0.2) is 12.0 Å². The van der Waals surface area contributed by atoms with Gasteiger partial charge in [0.05, 0.1) is 23.0 Å². The number of anilines is 2. The molecule has 0 radical (unpaired) electrons. The molecule has 0 saturated carbocycles. The second-order valence-corrected chi connectivity index (χ2v) is 11.3. The molecule has 214 valence electrons. The lowest BCUT2D eigenvalue weighted by molar-refractivity contribution is 0.0498. The van der Waals surface area contributed by atoms with Crippen molar-refractivity contribution in [2.45, 2.75) is 44.3 Å². The Balaban J connectivity index is 0.00000420. The van der Waals surface area contributed by atoms with E-state index >= 15 is 0 Å². The summed E-state index contributed by atoms with van der Waals surface area (Å²) in [5.74, 6) is -0.283. The molecule has 0 amide bonds. The van der Waals surface area contributed by atoms with Crippen LogP contribution in [-0.2, 0) is 10.0 Å². The fourth-order valence-corrected chi connectivity index (χ4v) is 5.82. The molecule has 2 aromatic heterocycles. The predicted octanol–water partition coefficient (Wildman–Crippen LogP) is 4.75. The minimum atomic E-state index is -4.04. The van der Waals surface area contributed by atoms with E-state index in [1.54, 1.807) is 11.5 Å². The third kappa shape index (κ3) is 6.34. The van der Waals surface area contributed by atoms with E-state index in [0.717, 1.165) is 12.3 Å². The van der Waals surface area contributed by atoms with Gasteiger partial charge in [-0.2, -0.15) is 4.31 Å². The lowest BCUT2D eigenvalue weighted by Gasteiger charge is -2.31. The highest BCUT2D eigenvalue weighted by atomic mass is 35.5. The highest BCUT2D eigenvalue weighted by molar-refractivity contribution is 7.89. The molecule has 1 saturated heterocycles. The number of benzene rings is 1. The van der Waals surface area contributed by atoms with E-state index in [0.29, 0.717) is 24.6 Å². The summed E-state index contributed by atoms with van der Waals surface area (Å²) in [6.07, 6.45) is -3.83. The minimum absolute atomic E-state index is 0. The zero-order valence-electron chi connectivity index (χ0n) is 21.8. The molecule has 0 spiro atoms. The molecule has 0 bridgehead atoms. The van der Waals surface area contributed by atoms with Crippen molar-refractivity contribution in [2.75, 3.05) is 38.5 Å². The first-order valence-electron chi connectivity index (χ1n) is 12.0. The molecule has 3 heterocycles. The topological polar surface area (TPSA) is 96.2 Å². The van der Waals surface area contributed by atoms with E-state index in [4.69, 9.17) is 0 Å². The maximum atomic E-state index is 14.7. The van der Waals surface area contributed by atoms with Gasteiger partial charge < -0.3 is 14.8 Å². The van der Waals surface area contributed by atoms with Gasteiger partial charge in [-0.05, 0) is 46.0 Å². The summed E-state index contributed by atoms with van der Waals surface area (Å²) in [6, 6.07) is 3.23. The summed E-state index contributed by atoms with van der Waals surface area (Å²) < 4.78 is 85.6. The predicted molar refractivity (Wildman–Crippen MR) is 141 cm³/mol. The summed E-state index contributed by atoms with van der Waals surface area (Å²) in [5.41, 5.74) is -0.447. The zero-order chi connectivity index (χ0) is 27.8. The van der Waals surface area contributed by atoms with Crippen LogP contribution in [0.2, 0.25) is 0 Å². The lowest BCUT2D eigenvalue weighted by atomic mass is 10.1. The number of halogens is 5. The van der Waals surface area contributed by atoms with E-state index < -0.39 is 34.0 Å². The van der Waals surface area contributed by atoms with E-state index in [-0.39, 0.29) is 53.8 Å². The van der Waals surface area contributed by atoms with Gasteiger partial charge in [-0.15, -0.1) is 12.4 Å². The van der Waals surface area contributed by atoms with Crippen LogP contribution in [0.5, 0.6) is 0 Å². The summed E-state index contributed by atoms with van der Waals surface area (Å²) in [5, 5.41) is 2.66. The van der Waals surface area contributed by atoms with Crippen LogP contribution in [-0.4, -0.2) is 76.8 Å². The van der Waals surface area contributed by atoms with Crippen LogP contribution in [0, 0.1) is 12.7 Å². The first-order valence-corrected chi connectivity index (χ1v) is 13.4. The van der Waals surface area contributed by atoms with Crippen molar-refractivity contribution >= 4 is 34.1 Å². The molecule has 3 aromatic rings. The molecule has 39 heavy (non-hydrogen) atoms. The summed E-state index contributed by atoms with van der Waals surface area (Å²) in [4.78, 5) is 13.9. The Hall–Kier alpha value is -2.81. The number of aryl methyl sites for hydroxylation is 1. The molecule has 15 heteroatoms. The Kier molecular flexibility index (Phi) is 9.57. The molecular formula is C24H30ClF4N7O2S. The van der Waals surface area contributed by atoms with Gasteiger partial charge >= 0.3 is 0 Å². The average molecular weight is 592 g/mol. The van der Waals surface area contributed by atoms with Crippen molar-refractivity contribution in [3.05, 3.63) is 47.8 Å². The standard InChI is InChI=1S/C24H29F4N7O2S.ClH/c1-14(2)35-15(3)29-13-20(35)22-18(25)12-30-24(32-22)31-19-6-5-16(11-17(19)21(26)23(27)28)38(36,37)34-9-7-33(4)8-10-34;/h5-6,11-14,21,23H,7-10H2,1-4H3,(H,30,31,32);1H. The monoisotopic (exact) mass is 591 g/mol. The van der Waals surface area contributed by atoms with Gasteiger partial charge in [-0.1, -0.05) is 0 Å². The Morgan fingerprint density at radius 3 is 2.31 bits per heavy atom. The highest BCUT2D eigenvalue weighted by Crippen LogP contribution is 2.35. The minimum Gasteiger partial charge on any atom is -0.324 e. The van der Waals surface area contributed by atoms with Crippen molar-refractivity contribution in [1.29, 1.82) is 0 Å². The van der Waals surface area contributed by atoms with E-state index in [1.165, 1.54) is 22.6 Å². The number of nitrogens with one attached hydrogen (secondary N) is 1. The lowest BCUT2D eigenvalue weighted by Crippen LogP contribution is -2.47. The van der Waals surface area contributed by atoms with Gasteiger partial charge in [0.2, 0.25) is 16.0 Å². The SMILES string of the molecule is Cc1ncc(-c2nc(Nc3ccc(S(=O)(=O)N4CCN(C)CC4)cc3C(F)C(F)F)ncc2F)n1C(C)C.Cl. The number of aromatic nitrogens is 4. The Labute approximate surface area is 230 Å². The number of hydrogen-bond acceptors (Lipinski definition) is 7. The fraction of sp³-hybridized carbons (Fsp3) is 0.458. The molecule has 1 aromatic carbocycles. The molecule has 1 aliphatic heterocycles. The molecule has 1 atom stereocenters. The van der Waals surface area contributed by atoms with Gasteiger partial charge in [0.1, 0.15) is 11.5 Å². The van der Waals surface area contributed by atoms with Gasteiger partial charge in [0.25, 0.3) is 6.43 Å². The quantitative estimate of drug-likeness (QED) is 0.378. The van der Waals surface area contributed by atoms with Gasteiger partial charge in [-0.25, -0.2) is 40.9 Å². The van der Waals surface area contributed by atoms with Crippen LogP contribution in [0.1, 0.15) is 37.4 Å². The zero-order valence-corrected chi connectivity index (χ0v) is 23.4. The van der Waals surface area contributed by atoms with Gasteiger partial charge in [0, 0.05) is 43.5 Å². The van der Waals surface area contributed by atoms with E-state index in [2.05, 4.69) is 20.3 Å². The fourth-order valence-electron chi connectivity index (χ4n) is 4.36. The molecule has 1 aliphatic rings. The molecule has 1 N–H and O–H groups in total. The normalized spacial score (nSPS) is 15.9. The number of sulfonamides is 1. The molecule has 4 rings (SSSR count). The second kappa shape index (κ2) is 12.1. The Morgan fingerprint density at radius 2 is 1.69 bits per heavy atom. The molecule has 1 unspecified atom stereocenters. The van der Waals surface area contributed by atoms with Crippen LogP contribution in [0.3, 0.4) is 0 Å². The third-order valence-corrected chi connectivity index (χ3v) is 8.27. The first kappa shape index (κ1) is 30.7. The van der Waals surface area contributed by atoms with Gasteiger partial charge in [-0.3, -0.25) is 0 Å². The van der Waals surface area contributed by atoms with Crippen LogP contribution in [0.4, 0.5) is 29.2 Å². The average Bonchev–Trinajstić information content (AvgIpc) is 3.26. The first-order chi connectivity index (χ1) is 17.9. The van der Waals surface area contributed by atoms with Crippen molar-refractivity contribution in [1.82, 2.24) is 28.7 Å². The molecule has 9 nitrogen and oxygen atoms in total. The maximum Gasteiger partial charge on any atom is 0.273 e. The van der Waals surface area contributed by atoms with E-state index in [9.17, 15) is 26.0 Å². The number of alkyl halides is 3. The largest absolute Gasteiger partial charge is 0.324 e. The maximum absolute atomic E-state index is 14.7. The Morgan fingerprint density at radius 1 is 1.03 bits per heavy atom. The number of piperazine rings is 1. The number of hydrogen-bond donors (Lipinski definition) is 1. The second-order valence-electron chi connectivity index (χ2n) is 9.36. The van der Waals surface area contributed by atoms with E-state index in [1.807, 2.05) is 25.8 Å². The van der Waals surface area contributed by atoms with Crippen LogP contribution in [0.25, 0.3) is 11.4 Å². The number of rotatable bonds is 8. The summed E-state index contributed by atoms with van der Waals surface area (Å²) >= 11 is 0. The number of imidazole rings is 1.